The Morgan fingerprint density at radius 1 is 0.889 bits per heavy atom. The molecule has 0 spiro atoms. The fourth-order valence-corrected chi connectivity index (χ4v) is 2.57. The first-order valence-electron chi connectivity index (χ1n) is 8.43. The van der Waals surface area contributed by atoms with E-state index in [1.54, 1.807) is 7.11 Å². The molecule has 0 radical (unpaired) electrons. The van der Waals surface area contributed by atoms with Crippen LogP contribution in [0.15, 0.2) is 66.7 Å². The first-order valence-corrected chi connectivity index (χ1v) is 8.43. The third-order valence-corrected chi connectivity index (χ3v) is 3.92. The van der Waals surface area contributed by atoms with Crippen LogP contribution in [0.3, 0.4) is 0 Å². The minimum Gasteiger partial charge on any atom is -0.496 e. The monoisotopic (exact) mass is 370 g/mol. The lowest BCUT2D eigenvalue weighted by Crippen LogP contribution is -2.20. The summed E-state index contributed by atoms with van der Waals surface area (Å²) < 4.78 is 37.6. The van der Waals surface area contributed by atoms with Crippen LogP contribution < -0.4 is 20.3 Å². The average Bonchev–Trinajstić information content (AvgIpc) is 2.68. The molecule has 0 aliphatic carbocycles. The van der Waals surface area contributed by atoms with E-state index in [0.29, 0.717) is 12.3 Å². The summed E-state index contributed by atoms with van der Waals surface area (Å²) in [5.74, 6) is -0.750. The standard InChI is InChI=1S/C21H20F2N2O2/c1-26-20-9-7-15(13-24-25-18-5-3-2-4-6-18)11-16(20)14-27-21-10-8-17(22)12-19(21)23/h2-12,24-25H,13-14H2,1H3. The summed E-state index contributed by atoms with van der Waals surface area (Å²) in [4.78, 5) is 0. The second-order valence-electron chi connectivity index (χ2n) is 5.85. The quantitative estimate of drug-likeness (QED) is 0.566. The summed E-state index contributed by atoms with van der Waals surface area (Å²) in [6.45, 7) is 0.669. The SMILES string of the molecule is COc1ccc(CNNc2ccccc2)cc1COc1ccc(F)cc1F. The van der Waals surface area contributed by atoms with Gasteiger partial charge in [0.1, 0.15) is 18.2 Å². The van der Waals surface area contributed by atoms with Crippen molar-refractivity contribution >= 4 is 5.69 Å². The zero-order valence-electron chi connectivity index (χ0n) is 14.8. The molecule has 0 atom stereocenters. The van der Waals surface area contributed by atoms with Crippen molar-refractivity contribution in [3.05, 3.63) is 89.5 Å². The van der Waals surface area contributed by atoms with Crippen LogP contribution in [-0.2, 0) is 13.2 Å². The van der Waals surface area contributed by atoms with E-state index < -0.39 is 11.6 Å². The summed E-state index contributed by atoms with van der Waals surface area (Å²) >= 11 is 0. The number of nitrogens with one attached hydrogen (secondary N) is 2. The van der Waals surface area contributed by atoms with Crippen molar-refractivity contribution in [3.63, 3.8) is 0 Å². The number of para-hydroxylation sites is 1. The molecule has 0 aliphatic heterocycles. The van der Waals surface area contributed by atoms with Crippen LogP contribution >= 0.6 is 0 Å². The zero-order valence-corrected chi connectivity index (χ0v) is 14.8. The third-order valence-electron chi connectivity index (χ3n) is 3.92. The average molecular weight is 370 g/mol. The van der Waals surface area contributed by atoms with E-state index in [1.807, 2.05) is 48.5 Å². The van der Waals surface area contributed by atoms with E-state index in [-0.39, 0.29) is 12.4 Å². The summed E-state index contributed by atoms with van der Waals surface area (Å²) in [5, 5.41) is 0. The van der Waals surface area contributed by atoms with Gasteiger partial charge in [-0.2, -0.15) is 0 Å². The van der Waals surface area contributed by atoms with Crippen LogP contribution in [0.4, 0.5) is 14.5 Å². The number of anilines is 1. The van der Waals surface area contributed by atoms with Gasteiger partial charge in [0, 0.05) is 23.9 Å². The summed E-state index contributed by atoms with van der Waals surface area (Å²) in [5.41, 5.74) is 8.97. The van der Waals surface area contributed by atoms with Gasteiger partial charge in [-0.15, -0.1) is 0 Å². The molecule has 0 unspecified atom stereocenters. The molecule has 140 valence electrons. The second kappa shape index (κ2) is 9.00. The highest BCUT2D eigenvalue weighted by atomic mass is 19.1. The maximum Gasteiger partial charge on any atom is 0.167 e. The molecule has 0 heterocycles. The molecule has 0 bridgehead atoms. The van der Waals surface area contributed by atoms with Crippen LogP contribution in [-0.4, -0.2) is 7.11 Å². The molecule has 0 fully saturated rings. The van der Waals surface area contributed by atoms with Gasteiger partial charge in [-0.05, 0) is 42.0 Å². The van der Waals surface area contributed by atoms with Crippen molar-refractivity contribution in [1.29, 1.82) is 0 Å². The van der Waals surface area contributed by atoms with Gasteiger partial charge in [0.25, 0.3) is 0 Å². The Hall–Kier alpha value is -3.12. The Kier molecular flexibility index (Phi) is 6.22. The van der Waals surface area contributed by atoms with E-state index in [2.05, 4.69) is 10.9 Å². The lowest BCUT2D eigenvalue weighted by molar-refractivity contribution is 0.281. The highest BCUT2D eigenvalue weighted by Gasteiger charge is 2.09. The number of halogens is 2. The van der Waals surface area contributed by atoms with Crippen molar-refractivity contribution in [2.24, 2.45) is 0 Å². The van der Waals surface area contributed by atoms with Gasteiger partial charge in [-0.25, -0.2) is 14.2 Å². The fourth-order valence-electron chi connectivity index (χ4n) is 2.57. The van der Waals surface area contributed by atoms with Crippen molar-refractivity contribution < 1.29 is 18.3 Å². The Balaban J connectivity index is 1.64. The lowest BCUT2D eigenvalue weighted by atomic mass is 10.1. The van der Waals surface area contributed by atoms with Gasteiger partial charge in [-0.3, -0.25) is 0 Å². The predicted octanol–water partition coefficient (Wildman–Crippen LogP) is 4.67. The smallest absolute Gasteiger partial charge is 0.167 e. The molecule has 3 aromatic rings. The molecule has 4 nitrogen and oxygen atoms in total. The van der Waals surface area contributed by atoms with Crippen LogP contribution in [0.2, 0.25) is 0 Å². The number of hydrogen-bond acceptors (Lipinski definition) is 4. The molecule has 2 N–H and O–H groups in total. The highest BCUT2D eigenvalue weighted by molar-refractivity contribution is 5.42. The first kappa shape index (κ1) is 18.7. The molecular weight excluding hydrogens is 350 g/mol. The first-order chi connectivity index (χ1) is 13.2. The van der Waals surface area contributed by atoms with Crippen molar-refractivity contribution in [2.45, 2.75) is 13.2 Å². The topological polar surface area (TPSA) is 42.5 Å². The van der Waals surface area contributed by atoms with Gasteiger partial charge in [0.2, 0.25) is 0 Å². The molecule has 0 saturated heterocycles. The number of hydrazine groups is 1. The molecule has 0 saturated carbocycles. The van der Waals surface area contributed by atoms with Gasteiger partial charge in [-0.1, -0.05) is 24.3 Å². The Morgan fingerprint density at radius 3 is 2.41 bits per heavy atom. The minimum atomic E-state index is -0.737. The number of hydrogen-bond donors (Lipinski definition) is 2. The van der Waals surface area contributed by atoms with E-state index >= 15 is 0 Å². The number of benzene rings is 3. The summed E-state index contributed by atoms with van der Waals surface area (Å²) in [6.07, 6.45) is 0. The van der Waals surface area contributed by atoms with E-state index in [9.17, 15) is 8.78 Å². The fraction of sp³-hybridized carbons (Fsp3) is 0.143. The molecule has 0 aromatic heterocycles. The van der Waals surface area contributed by atoms with Gasteiger partial charge >= 0.3 is 0 Å². The van der Waals surface area contributed by atoms with Crippen LogP contribution in [0.5, 0.6) is 11.5 Å². The molecule has 0 aliphatic rings. The van der Waals surface area contributed by atoms with Crippen LogP contribution in [0.25, 0.3) is 0 Å². The predicted molar refractivity (Wildman–Crippen MR) is 101 cm³/mol. The number of ether oxygens (including phenoxy) is 2. The van der Waals surface area contributed by atoms with Gasteiger partial charge in [0.05, 0.1) is 7.11 Å². The maximum atomic E-state index is 13.7. The second-order valence-corrected chi connectivity index (χ2v) is 5.85. The highest BCUT2D eigenvalue weighted by Crippen LogP contribution is 2.24. The summed E-state index contributed by atoms with van der Waals surface area (Å²) in [6, 6.07) is 18.7. The van der Waals surface area contributed by atoms with E-state index in [4.69, 9.17) is 9.47 Å². The van der Waals surface area contributed by atoms with Crippen LogP contribution in [0, 0.1) is 11.6 Å². The molecule has 0 amide bonds. The van der Waals surface area contributed by atoms with Crippen LogP contribution in [0.1, 0.15) is 11.1 Å². The third kappa shape index (κ3) is 5.18. The molecule has 27 heavy (non-hydrogen) atoms. The van der Waals surface area contributed by atoms with E-state index in [0.717, 1.165) is 28.9 Å². The van der Waals surface area contributed by atoms with Gasteiger partial charge < -0.3 is 14.9 Å². The van der Waals surface area contributed by atoms with Gasteiger partial charge in [0.15, 0.2) is 11.6 Å². The largest absolute Gasteiger partial charge is 0.496 e. The number of rotatable bonds is 8. The van der Waals surface area contributed by atoms with Crippen molar-refractivity contribution in [1.82, 2.24) is 5.43 Å². The normalized spacial score (nSPS) is 10.5. The molecule has 3 aromatic carbocycles. The molecule has 6 heteroatoms. The van der Waals surface area contributed by atoms with Crippen molar-refractivity contribution in [3.8, 4) is 11.5 Å². The Labute approximate surface area is 156 Å². The Morgan fingerprint density at radius 2 is 1.67 bits per heavy atom. The Bertz CT molecular complexity index is 889. The van der Waals surface area contributed by atoms with E-state index in [1.165, 1.54) is 6.07 Å². The molecule has 3 rings (SSSR count). The van der Waals surface area contributed by atoms with Crippen molar-refractivity contribution in [2.75, 3.05) is 12.5 Å². The molecular formula is C21H20F2N2O2. The lowest BCUT2D eigenvalue weighted by Gasteiger charge is -2.13. The number of methoxy groups -OCH3 is 1. The minimum absolute atomic E-state index is 0.00674. The zero-order chi connectivity index (χ0) is 19.1. The maximum absolute atomic E-state index is 13.7. The summed E-state index contributed by atoms with van der Waals surface area (Å²) in [7, 11) is 1.56.